The van der Waals surface area contributed by atoms with E-state index >= 15 is 0 Å². The van der Waals surface area contributed by atoms with Crippen LogP contribution in [0.3, 0.4) is 0 Å². The number of hydrogen-bond donors (Lipinski definition) is 0. The summed E-state index contributed by atoms with van der Waals surface area (Å²) in [4.78, 5) is 12.2. The maximum Gasteiger partial charge on any atom is 0.410 e. The number of rotatable bonds is 2. The van der Waals surface area contributed by atoms with Gasteiger partial charge < -0.3 is 4.74 Å². The van der Waals surface area contributed by atoms with E-state index in [2.05, 4.69) is 4.74 Å². The zero-order valence-corrected chi connectivity index (χ0v) is 9.48. The van der Waals surface area contributed by atoms with Crippen molar-refractivity contribution in [2.75, 3.05) is 6.61 Å². The predicted molar refractivity (Wildman–Crippen MR) is 57.8 cm³/mol. The summed E-state index contributed by atoms with van der Waals surface area (Å²) in [6, 6.07) is 6.78. The van der Waals surface area contributed by atoms with Crippen LogP contribution in [0.5, 0.6) is 0 Å². The largest absolute Gasteiger partial charge is 0.449 e. The molecule has 6 heteroatoms. The van der Waals surface area contributed by atoms with Crippen molar-refractivity contribution in [3.05, 3.63) is 35.9 Å². The highest BCUT2D eigenvalue weighted by Gasteiger charge is 2.47. The zero-order chi connectivity index (χ0) is 13.2. The summed E-state index contributed by atoms with van der Waals surface area (Å²) in [5.41, 5.74) is 0.644. The van der Waals surface area contributed by atoms with Gasteiger partial charge in [-0.2, -0.15) is 13.2 Å². The third-order valence-corrected chi connectivity index (χ3v) is 2.80. The summed E-state index contributed by atoms with van der Waals surface area (Å²) >= 11 is 0. The third-order valence-electron chi connectivity index (χ3n) is 2.80. The summed E-state index contributed by atoms with van der Waals surface area (Å²) in [7, 11) is 0. The fourth-order valence-electron chi connectivity index (χ4n) is 1.92. The Balaban J connectivity index is 2.18. The normalized spacial score (nSPS) is 20.7. The molecule has 0 radical (unpaired) electrons. The van der Waals surface area contributed by atoms with E-state index in [1.165, 1.54) is 0 Å². The molecule has 1 unspecified atom stereocenters. The van der Waals surface area contributed by atoms with Crippen LogP contribution in [0.25, 0.3) is 0 Å². The molecule has 2 rings (SSSR count). The number of hydrogen-bond acceptors (Lipinski definition) is 2. The Bertz CT molecular complexity index is 419. The van der Waals surface area contributed by atoms with Gasteiger partial charge in [0, 0.05) is 13.0 Å². The highest BCUT2D eigenvalue weighted by molar-refractivity contribution is 5.69. The molecule has 1 aliphatic rings. The molecule has 1 amide bonds. The molecule has 0 aromatic heterocycles. The predicted octanol–water partition coefficient (Wildman–Crippen LogP) is 2.96. The second-order valence-electron chi connectivity index (χ2n) is 4.07. The molecule has 0 spiro atoms. The topological polar surface area (TPSA) is 29.5 Å². The number of benzene rings is 1. The number of halogens is 3. The van der Waals surface area contributed by atoms with E-state index in [1.807, 2.05) is 0 Å². The van der Waals surface area contributed by atoms with Crippen LogP contribution in [-0.4, -0.2) is 29.8 Å². The highest BCUT2D eigenvalue weighted by atomic mass is 19.4. The number of nitrogens with zero attached hydrogens (tertiary/aromatic N) is 1. The molecule has 0 bridgehead atoms. The van der Waals surface area contributed by atoms with Crippen molar-refractivity contribution < 1.29 is 22.7 Å². The van der Waals surface area contributed by atoms with Crippen LogP contribution in [0, 0.1) is 0 Å². The second-order valence-corrected chi connectivity index (χ2v) is 4.07. The Kier molecular flexibility index (Phi) is 3.45. The Labute approximate surface area is 102 Å². The Hall–Kier alpha value is -1.72. The van der Waals surface area contributed by atoms with Gasteiger partial charge in [0.15, 0.2) is 0 Å². The van der Waals surface area contributed by atoms with Crippen molar-refractivity contribution in [2.24, 2.45) is 0 Å². The molecule has 0 aliphatic carbocycles. The lowest BCUT2D eigenvalue weighted by molar-refractivity contribution is -0.191. The van der Waals surface area contributed by atoms with Gasteiger partial charge in [-0.15, -0.1) is 0 Å². The van der Waals surface area contributed by atoms with Crippen molar-refractivity contribution in [2.45, 2.75) is 25.2 Å². The molecule has 98 valence electrons. The smallest absolute Gasteiger partial charge is 0.410 e. The van der Waals surface area contributed by atoms with Gasteiger partial charge in [-0.25, -0.2) is 4.79 Å². The number of carbonyl (C=O) groups excluding carboxylic acids is 1. The van der Waals surface area contributed by atoms with Crippen molar-refractivity contribution in [1.29, 1.82) is 0 Å². The second kappa shape index (κ2) is 4.88. The molecular weight excluding hydrogens is 247 g/mol. The molecule has 1 fully saturated rings. The van der Waals surface area contributed by atoms with Crippen LogP contribution in [0.2, 0.25) is 0 Å². The number of carbonyl (C=O) groups is 1. The molecular formula is C12H12F3NO2. The first-order chi connectivity index (χ1) is 8.48. The average molecular weight is 259 g/mol. The average Bonchev–Trinajstić information content (AvgIpc) is 2.32. The van der Waals surface area contributed by atoms with Gasteiger partial charge in [0.1, 0.15) is 6.04 Å². The monoisotopic (exact) mass is 259 g/mol. The fourth-order valence-corrected chi connectivity index (χ4v) is 1.92. The highest BCUT2D eigenvalue weighted by Crippen LogP contribution is 2.31. The summed E-state index contributed by atoms with van der Waals surface area (Å²) < 4.78 is 43.1. The van der Waals surface area contributed by atoms with Crippen LogP contribution in [-0.2, 0) is 11.3 Å². The minimum Gasteiger partial charge on any atom is -0.449 e. The number of ether oxygens (including phenoxy) is 1. The first-order valence-corrected chi connectivity index (χ1v) is 5.52. The van der Waals surface area contributed by atoms with Crippen molar-refractivity contribution in [3.8, 4) is 0 Å². The van der Waals surface area contributed by atoms with E-state index in [4.69, 9.17) is 0 Å². The molecule has 0 saturated carbocycles. The van der Waals surface area contributed by atoms with Gasteiger partial charge in [0.05, 0.1) is 6.61 Å². The Morgan fingerprint density at radius 1 is 1.28 bits per heavy atom. The summed E-state index contributed by atoms with van der Waals surface area (Å²) in [5, 5.41) is 0. The lowest BCUT2D eigenvalue weighted by atomic mass is 10.1. The van der Waals surface area contributed by atoms with Crippen LogP contribution in [0.4, 0.5) is 18.0 Å². The molecule has 1 heterocycles. The molecule has 18 heavy (non-hydrogen) atoms. The first-order valence-electron chi connectivity index (χ1n) is 5.52. The summed E-state index contributed by atoms with van der Waals surface area (Å²) in [6.45, 7) is -0.280. The molecule has 1 atom stereocenters. The molecule has 1 aromatic rings. The van der Waals surface area contributed by atoms with Crippen molar-refractivity contribution >= 4 is 6.09 Å². The zero-order valence-electron chi connectivity index (χ0n) is 9.48. The molecule has 1 saturated heterocycles. The molecule has 1 aromatic carbocycles. The van der Waals surface area contributed by atoms with E-state index in [0.717, 1.165) is 4.90 Å². The molecule has 0 N–H and O–H groups in total. The maximum absolute atomic E-state index is 12.8. The Morgan fingerprint density at radius 2 is 1.94 bits per heavy atom. The Morgan fingerprint density at radius 3 is 2.56 bits per heavy atom. The minimum absolute atomic E-state index is 0.0934. The minimum atomic E-state index is -4.42. The third kappa shape index (κ3) is 2.75. The van der Waals surface area contributed by atoms with Crippen LogP contribution < -0.4 is 0 Å². The van der Waals surface area contributed by atoms with Gasteiger partial charge in [0.2, 0.25) is 0 Å². The SMILES string of the molecule is O=C1OCCC(C(F)(F)F)N1Cc1ccccc1. The lowest BCUT2D eigenvalue weighted by Gasteiger charge is -2.35. The molecule has 3 nitrogen and oxygen atoms in total. The van der Waals surface area contributed by atoms with Gasteiger partial charge in [-0.1, -0.05) is 30.3 Å². The summed E-state index contributed by atoms with van der Waals surface area (Å²) in [5.74, 6) is 0. The van der Waals surface area contributed by atoms with Crippen molar-refractivity contribution in [3.63, 3.8) is 0 Å². The lowest BCUT2D eigenvalue weighted by Crippen LogP contribution is -2.52. The van der Waals surface area contributed by atoms with E-state index < -0.39 is 18.3 Å². The number of amides is 1. The number of alkyl halides is 3. The van der Waals surface area contributed by atoms with Crippen LogP contribution >= 0.6 is 0 Å². The quantitative estimate of drug-likeness (QED) is 0.817. The summed E-state index contributed by atoms with van der Waals surface area (Å²) in [6.07, 6.45) is -5.55. The maximum atomic E-state index is 12.8. The van der Waals surface area contributed by atoms with E-state index in [1.54, 1.807) is 30.3 Å². The van der Waals surface area contributed by atoms with Gasteiger partial charge >= 0.3 is 12.3 Å². The number of cyclic esters (lactones) is 1. The van der Waals surface area contributed by atoms with E-state index in [9.17, 15) is 18.0 Å². The van der Waals surface area contributed by atoms with Gasteiger partial charge in [0.25, 0.3) is 0 Å². The van der Waals surface area contributed by atoms with Crippen molar-refractivity contribution in [1.82, 2.24) is 4.90 Å². The molecule has 1 aliphatic heterocycles. The van der Waals surface area contributed by atoms with Gasteiger partial charge in [-0.3, -0.25) is 4.90 Å². The fraction of sp³-hybridized carbons (Fsp3) is 0.417. The van der Waals surface area contributed by atoms with E-state index in [0.29, 0.717) is 5.56 Å². The van der Waals surface area contributed by atoms with Crippen LogP contribution in [0.15, 0.2) is 30.3 Å². The van der Waals surface area contributed by atoms with E-state index in [-0.39, 0.29) is 19.6 Å². The standard InChI is InChI=1S/C12H12F3NO2/c13-12(14,15)10-6-7-18-11(17)16(10)8-9-4-2-1-3-5-9/h1-5,10H,6-8H2. The van der Waals surface area contributed by atoms with Crippen LogP contribution in [0.1, 0.15) is 12.0 Å². The first kappa shape index (κ1) is 12.7. The van der Waals surface area contributed by atoms with Gasteiger partial charge in [-0.05, 0) is 5.56 Å².